The highest BCUT2D eigenvalue weighted by molar-refractivity contribution is 7.89. The molecule has 0 atom stereocenters. The van der Waals surface area contributed by atoms with Gasteiger partial charge in [-0.3, -0.25) is 4.79 Å². The quantitative estimate of drug-likeness (QED) is 0.333. The van der Waals surface area contributed by atoms with Crippen LogP contribution in [0.3, 0.4) is 0 Å². The highest BCUT2D eigenvalue weighted by Gasteiger charge is 2.19. The fourth-order valence-corrected chi connectivity index (χ4v) is 4.48. The molecule has 3 aromatic carbocycles. The van der Waals surface area contributed by atoms with Crippen molar-refractivity contribution >= 4 is 38.2 Å². The van der Waals surface area contributed by atoms with Crippen LogP contribution in [-0.4, -0.2) is 20.9 Å². The lowest BCUT2D eigenvalue weighted by Gasteiger charge is -2.15. The van der Waals surface area contributed by atoms with Crippen LogP contribution in [0.15, 0.2) is 82.3 Å². The second-order valence-corrected chi connectivity index (χ2v) is 9.65. The van der Waals surface area contributed by atoms with Crippen LogP contribution in [0.5, 0.6) is 5.75 Å². The number of hydrogen-bond donors (Lipinski definition) is 2. The molecule has 0 saturated heterocycles. The normalized spacial score (nSPS) is 12.1. The summed E-state index contributed by atoms with van der Waals surface area (Å²) in [4.78, 5) is 12.7. The average Bonchev–Trinajstić information content (AvgIpc) is 3.25. The van der Waals surface area contributed by atoms with E-state index in [0.29, 0.717) is 23.6 Å². The number of nitrogens with one attached hydrogen (secondary N) is 1. The van der Waals surface area contributed by atoms with E-state index in [1.807, 2.05) is 57.2 Å². The standard InChI is InChI=1S/C27H26N2O5S/c1-4-33-26-18(3)27-23(24(16-34-27)19-8-6-5-7-9-19)15-22(26)17(2)14-25(30)29-20-10-12-21(13-11-20)35(28,31)32/h5-16H,4H2,1-3H3,(H,29,30)(H2,28,31,32)/b17-14+. The number of fused-ring (bicyclic) bond motifs is 1. The Kier molecular flexibility index (Phi) is 6.77. The largest absolute Gasteiger partial charge is 0.493 e. The first-order valence-corrected chi connectivity index (χ1v) is 12.6. The Morgan fingerprint density at radius 3 is 2.43 bits per heavy atom. The highest BCUT2D eigenvalue weighted by Crippen LogP contribution is 2.40. The molecule has 0 saturated carbocycles. The number of nitrogens with two attached hydrogens (primary N) is 1. The van der Waals surface area contributed by atoms with Gasteiger partial charge in [0.15, 0.2) is 0 Å². The Hall–Kier alpha value is -3.88. The van der Waals surface area contributed by atoms with Gasteiger partial charge in [0.2, 0.25) is 15.9 Å². The summed E-state index contributed by atoms with van der Waals surface area (Å²) in [5, 5.41) is 8.80. The summed E-state index contributed by atoms with van der Waals surface area (Å²) in [5.74, 6) is 0.301. The fourth-order valence-electron chi connectivity index (χ4n) is 3.96. The summed E-state index contributed by atoms with van der Waals surface area (Å²) in [5.41, 5.74) is 5.52. The van der Waals surface area contributed by atoms with Crippen molar-refractivity contribution in [3.8, 4) is 16.9 Å². The number of hydrogen-bond acceptors (Lipinski definition) is 5. The maximum Gasteiger partial charge on any atom is 0.248 e. The van der Waals surface area contributed by atoms with Gasteiger partial charge in [-0.25, -0.2) is 13.6 Å². The molecule has 1 amide bonds. The van der Waals surface area contributed by atoms with Gasteiger partial charge >= 0.3 is 0 Å². The Morgan fingerprint density at radius 2 is 1.80 bits per heavy atom. The Bertz CT molecular complexity index is 1520. The Morgan fingerprint density at radius 1 is 1.11 bits per heavy atom. The number of carbonyl (C=O) groups is 1. The van der Waals surface area contributed by atoms with Crippen molar-refractivity contribution in [1.29, 1.82) is 0 Å². The van der Waals surface area contributed by atoms with Crippen molar-refractivity contribution in [1.82, 2.24) is 0 Å². The van der Waals surface area contributed by atoms with Crippen molar-refractivity contribution in [3.05, 3.63) is 84.1 Å². The zero-order valence-electron chi connectivity index (χ0n) is 19.7. The third-order valence-corrected chi connectivity index (χ3v) is 6.57. The first-order valence-electron chi connectivity index (χ1n) is 11.0. The SMILES string of the molecule is CCOc1c(/C(C)=C/C(=O)Nc2ccc(S(N)(=O)=O)cc2)cc2c(-c3ccccc3)coc2c1C. The van der Waals surface area contributed by atoms with Crippen molar-refractivity contribution in [2.24, 2.45) is 5.14 Å². The molecular weight excluding hydrogens is 464 g/mol. The van der Waals surface area contributed by atoms with E-state index in [1.165, 1.54) is 30.3 Å². The highest BCUT2D eigenvalue weighted by atomic mass is 32.2. The van der Waals surface area contributed by atoms with E-state index < -0.39 is 10.0 Å². The van der Waals surface area contributed by atoms with E-state index in [0.717, 1.165) is 33.2 Å². The van der Waals surface area contributed by atoms with Crippen LogP contribution in [0, 0.1) is 6.92 Å². The number of primary sulfonamides is 1. The molecular formula is C27H26N2O5S. The van der Waals surface area contributed by atoms with Crippen LogP contribution in [0.25, 0.3) is 27.7 Å². The number of amides is 1. The third-order valence-electron chi connectivity index (χ3n) is 5.64. The molecule has 0 spiro atoms. The maximum absolute atomic E-state index is 12.7. The summed E-state index contributed by atoms with van der Waals surface area (Å²) in [6.45, 7) is 6.15. The number of allylic oxidation sites excluding steroid dienone is 1. The molecule has 0 bridgehead atoms. The number of benzene rings is 3. The lowest BCUT2D eigenvalue weighted by molar-refractivity contribution is -0.111. The van der Waals surface area contributed by atoms with Crippen LogP contribution in [0.4, 0.5) is 5.69 Å². The summed E-state index contributed by atoms with van der Waals surface area (Å²) in [6.07, 6.45) is 3.22. The van der Waals surface area contributed by atoms with Crippen LogP contribution >= 0.6 is 0 Å². The van der Waals surface area contributed by atoms with E-state index in [9.17, 15) is 13.2 Å². The Labute approximate surface area is 204 Å². The van der Waals surface area contributed by atoms with Crippen LogP contribution in [0.2, 0.25) is 0 Å². The summed E-state index contributed by atoms with van der Waals surface area (Å²) < 4.78 is 34.7. The molecule has 0 unspecified atom stereocenters. The summed E-state index contributed by atoms with van der Waals surface area (Å²) >= 11 is 0. The number of furan rings is 1. The number of ether oxygens (including phenoxy) is 1. The zero-order chi connectivity index (χ0) is 25.2. The number of rotatable bonds is 7. The van der Waals surface area contributed by atoms with Gasteiger partial charge in [0.25, 0.3) is 0 Å². The fraction of sp³-hybridized carbons (Fsp3) is 0.148. The number of sulfonamides is 1. The minimum absolute atomic E-state index is 0.0262. The number of carbonyl (C=O) groups excluding carboxylic acids is 1. The third kappa shape index (κ3) is 5.13. The van der Waals surface area contributed by atoms with Crippen molar-refractivity contribution < 1.29 is 22.4 Å². The molecule has 0 fully saturated rings. The van der Waals surface area contributed by atoms with Gasteiger partial charge in [-0.1, -0.05) is 30.3 Å². The molecule has 1 aromatic heterocycles. The second-order valence-electron chi connectivity index (χ2n) is 8.09. The smallest absolute Gasteiger partial charge is 0.248 e. The molecule has 3 N–H and O–H groups in total. The first kappa shape index (κ1) is 24.3. The average molecular weight is 491 g/mol. The van der Waals surface area contributed by atoms with E-state index in [1.54, 1.807) is 6.26 Å². The minimum atomic E-state index is -3.80. The predicted octanol–water partition coefficient (Wildman–Crippen LogP) is 5.50. The molecule has 4 rings (SSSR count). The molecule has 0 aliphatic carbocycles. The molecule has 8 heteroatoms. The molecule has 0 aliphatic rings. The lowest BCUT2D eigenvalue weighted by atomic mass is 9.96. The van der Waals surface area contributed by atoms with Crippen LogP contribution < -0.4 is 15.2 Å². The predicted molar refractivity (Wildman–Crippen MR) is 138 cm³/mol. The van der Waals surface area contributed by atoms with Crippen molar-refractivity contribution in [2.45, 2.75) is 25.7 Å². The second kappa shape index (κ2) is 9.77. The van der Waals surface area contributed by atoms with E-state index in [-0.39, 0.29) is 10.8 Å². The minimum Gasteiger partial charge on any atom is -0.493 e. The number of anilines is 1. The zero-order valence-corrected chi connectivity index (χ0v) is 20.5. The molecule has 180 valence electrons. The monoisotopic (exact) mass is 490 g/mol. The molecule has 0 radical (unpaired) electrons. The maximum atomic E-state index is 12.7. The van der Waals surface area contributed by atoms with Gasteiger partial charge in [-0.15, -0.1) is 0 Å². The molecule has 0 aliphatic heterocycles. The molecule has 7 nitrogen and oxygen atoms in total. The molecule has 35 heavy (non-hydrogen) atoms. The summed E-state index contributed by atoms with van der Waals surface area (Å²) in [6, 6.07) is 17.6. The summed E-state index contributed by atoms with van der Waals surface area (Å²) in [7, 11) is -3.80. The van der Waals surface area contributed by atoms with Crippen LogP contribution in [0.1, 0.15) is 25.0 Å². The van der Waals surface area contributed by atoms with E-state index in [4.69, 9.17) is 14.3 Å². The van der Waals surface area contributed by atoms with Gasteiger partial charge in [0, 0.05) is 33.8 Å². The molecule has 1 heterocycles. The first-order chi connectivity index (χ1) is 16.7. The van der Waals surface area contributed by atoms with E-state index in [2.05, 4.69) is 5.32 Å². The van der Waals surface area contributed by atoms with Crippen LogP contribution in [-0.2, 0) is 14.8 Å². The molecule has 4 aromatic rings. The number of aryl methyl sites for hydroxylation is 1. The Balaban J connectivity index is 1.71. The van der Waals surface area contributed by atoms with Gasteiger partial charge in [-0.2, -0.15) is 0 Å². The van der Waals surface area contributed by atoms with Gasteiger partial charge in [0.1, 0.15) is 11.3 Å². The van der Waals surface area contributed by atoms with Gasteiger partial charge < -0.3 is 14.5 Å². The van der Waals surface area contributed by atoms with E-state index >= 15 is 0 Å². The van der Waals surface area contributed by atoms with Gasteiger partial charge in [0.05, 0.1) is 17.8 Å². The topological polar surface area (TPSA) is 112 Å². The van der Waals surface area contributed by atoms with Gasteiger partial charge in [-0.05, 0) is 62.2 Å². The van der Waals surface area contributed by atoms with Crippen molar-refractivity contribution in [3.63, 3.8) is 0 Å². The lowest BCUT2D eigenvalue weighted by Crippen LogP contribution is -2.13. The van der Waals surface area contributed by atoms with Crippen molar-refractivity contribution in [2.75, 3.05) is 11.9 Å².